The van der Waals surface area contributed by atoms with Gasteiger partial charge in [-0.3, -0.25) is 9.59 Å². The van der Waals surface area contributed by atoms with Crippen LogP contribution in [0, 0.1) is 0 Å². The number of hydrogen-bond donors (Lipinski definition) is 3. The van der Waals surface area contributed by atoms with Gasteiger partial charge in [0.25, 0.3) is 5.97 Å². The molecule has 6 nitrogen and oxygen atoms in total. The Morgan fingerprint density at radius 1 is 1.50 bits per heavy atom. The third-order valence-electron chi connectivity index (χ3n) is 1.34. The molecule has 0 aliphatic heterocycles. The lowest BCUT2D eigenvalue weighted by atomic mass is 10.4. The number of H-pyrrole nitrogens is 2. The van der Waals surface area contributed by atoms with E-state index in [0.29, 0.717) is 11.2 Å². The summed E-state index contributed by atoms with van der Waals surface area (Å²) in [6.45, 7) is 1.08. The molecule has 0 atom stereocenters. The van der Waals surface area contributed by atoms with Crippen molar-refractivity contribution < 1.29 is 9.90 Å². The van der Waals surface area contributed by atoms with Crippen molar-refractivity contribution in [2.45, 2.75) is 6.92 Å². The molecule has 0 saturated carbocycles. The maximum Gasteiger partial charge on any atom is 0.300 e. The third kappa shape index (κ3) is 2.44. The molecule has 0 bridgehead atoms. The number of hydrogen-bond acceptors (Lipinski definition) is 3. The van der Waals surface area contributed by atoms with Gasteiger partial charge >= 0.3 is 0 Å². The lowest BCUT2D eigenvalue weighted by Crippen LogP contribution is -1.98. The Morgan fingerprint density at radius 2 is 2.14 bits per heavy atom. The van der Waals surface area contributed by atoms with Gasteiger partial charge < -0.3 is 15.1 Å². The second kappa shape index (κ2) is 4.22. The molecular formula is C8H9N3O3. The molecule has 0 unspecified atom stereocenters. The third-order valence-corrected chi connectivity index (χ3v) is 1.34. The van der Waals surface area contributed by atoms with Crippen molar-refractivity contribution in [3.05, 3.63) is 28.8 Å². The highest BCUT2D eigenvalue weighted by Gasteiger charge is 1.96. The summed E-state index contributed by atoms with van der Waals surface area (Å²) >= 11 is 0. The number of nitrogens with zero attached hydrogens (tertiary/aromatic N) is 1. The van der Waals surface area contributed by atoms with Crippen LogP contribution in [-0.2, 0) is 4.79 Å². The second-order valence-corrected chi connectivity index (χ2v) is 2.49. The predicted octanol–water partition coefficient (Wildman–Crippen LogP) is 0.342. The number of fused-ring (bicyclic) bond motifs is 1. The molecule has 74 valence electrons. The van der Waals surface area contributed by atoms with Crippen molar-refractivity contribution >= 4 is 17.1 Å². The minimum atomic E-state index is -0.833. The monoisotopic (exact) mass is 195 g/mol. The molecule has 2 rings (SSSR count). The Morgan fingerprint density at radius 3 is 2.71 bits per heavy atom. The Hall–Kier alpha value is -2.11. The van der Waals surface area contributed by atoms with Crippen LogP contribution in [0.15, 0.2) is 23.4 Å². The van der Waals surface area contributed by atoms with E-state index in [2.05, 4.69) is 15.0 Å². The molecule has 2 heterocycles. The number of aliphatic carboxylic acids is 1. The van der Waals surface area contributed by atoms with Gasteiger partial charge in [-0.15, -0.1) is 0 Å². The molecule has 0 aliphatic rings. The molecule has 0 spiro atoms. The number of aromatic nitrogens is 3. The van der Waals surface area contributed by atoms with E-state index >= 15 is 0 Å². The van der Waals surface area contributed by atoms with E-state index in [-0.39, 0.29) is 5.43 Å². The van der Waals surface area contributed by atoms with E-state index in [9.17, 15) is 4.79 Å². The SMILES string of the molecule is CC(=O)O.O=c1cc[nH]c2nc[nH]c12. The maximum absolute atomic E-state index is 10.9. The average molecular weight is 195 g/mol. The largest absolute Gasteiger partial charge is 0.481 e. The topological polar surface area (TPSA) is 98.8 Å². The zero-order valence-electron chi connectivity index (χ0n) is 7.44. The van der Waals surface area contributed by atoms with E-state index in [1.165, 1.54) is 12.4 Å². The number of imidazole rings is 1. The van der Waals surface area contributed by atoms with E-state index in [1.807, 2.05) is 0 Å². The fraction of sp³-hybridized carbons (Fsp3) is 0.125. The number of carbonyl (C=O) groups is 1. The summed E-state index contributed by atoms with van der Waals surface area (Å²) in [6, 6.07) is 1.46. The Labute approximate surface area is 78.6 Å². The first kappa shape index (κ1) is 9.97. The number of carboxylic acids is 1. The standard InChI is InChI=1S/C6H5N3O.C2H4O2/c10-4-1-2-7-6-5(4)8-3-9-6;1-2(3)4/h1-3H,(H2,7,8,9,10);1H3,(H,3,4). The maximum atomic E-state index is 10.9. The highest BCUT2D eigenvalue weighted by molar-refractivity contribution is 5.68. The van der Waals surface area contributed by atoms with E-state index in [4.69, 9.17) is 9.90 Å². The van der Waals surface area contributed by atoms with E-state index in [0.717, 1.165) is 6.92 Å². The van der Waals surface area contributed by atoms with E-state index in [1.54, 1.807) is 6.20 Å². The van der Waals surface area contributed by atoms with Gasteiger partial charge in [0.1, 0.15) is 5.52 Å². The van der Waals surface area contributed by atoms with Crippen LogP contribution in [-0.4, -0.2) is 26.0 Å². The van der Waals surface area contributed by atoms with Crippen molar-refractivity contribution in [2.75, 3.05) is 0 Å². The molecule has 0 fully saturated rings. The van der Waals surface area contributed by atoms with Crippen LogP contribution in [0.4, 0.5) is 0 Å². The normalized spacial score (nSPS) is 9.21. The molecule has 0 radical (unpaired) electrons. The number of aromatic amines is 2. The van der Waals surface area contributed by atoms with Crippen LogP contribution in [0.5, 0.6) is 0 Å². The second-order valence-electron chi connectivity index (χ2n) is 2.49. The molecule has 0 saturated heterocycles. The first-order valence-corrected chi connectivity index (χ1v) is 3.81. The molecule has 6 heteroatoms. The zero-order chi connectivity index (χ0) is 10.6. The molecule has 3 N–H and O–H groups in total. The summed E-state index contributed by atoms with van der Waals surface area (Å²) < 4.78 is 0. The van der Waals surface area contributed by atoms with Crippen molar-refractivity contribution in [3.8, 4) is 0 Å². The minimum absolute atomic E-state index is 0.0359. The molecule has 14 heavy (non-hydrogen) atoms. The van der Waals surface area contributed by atoms with Crippen LogP contribution in [0.25, 0.3) is 11.2 Å². The molecule has 2 aromatic heterocycles. The number of pyridine rings is 1. The van der Waals surface area contributed by atoms with Crippen LogP contribution in [0.3, 0.4) is 0 Å². The van der Waals surface area contributed by atoms with Crippen LogP contribution >= 0.6 is 0 Å². The van der Waals surface area contributed by atoms with Gasteiger partial charge in [-0.2, -0.15) is 0 Å². The lowest BCUT2D eigenvalue weighted by molar-refractivity contribution is -0.134. The quantitative estimate of drug-likeness (QED) is 0.564. The molecule has 2 aromatic rings. The van der Waals surface area contributed by atoms with Gasteiger partial charge in [-0.05, 0) is 0 Å². The Balaban J connectivity index is 0.000000213. The number of rotatable bonds is 0. The van der Waals surface area contributed by atoms with Crippen molar-refractivity contribution in [2.24, 2.45) is 0 Å². The number of carboxylic acid groups (broad SMARTS) is 1. The van der Waals surface area contributed by atoms with Crippen LogP contribution in [0.2, 0.25) is 0 Å². The van der Waals surface area contributed by atoms with Crippen LogP contribution in [0.1, 0.15) is 6.92 Å². The van der Waals surface area contributed by atoms with Gasteiger partial charge in [0, 0.05) is 19.2 Å². The molecular weight excluding hydrogens is 186 g/mol. The predicted molar refractivity (Wildman–Crippen MR) is 50.0 cm³/mol. The summed E-state index contributed by atoms with van der Waals surface area (Å²) in [5, 5.41) is 7.42. The Kier molecular flexibility index (Phi) is 3.01. The first-order valence-electron chi connectivity index (χ1n) is 3.81. The zero-order valence-corrected chi connectivity index (χ0v) is 7.44. The fourth-order valence-corrected chi connectivity index (χ4v) is 0.871. The average Bonchev–Trinajstić information content (AvgIpc) is 2.52. The summed E-state index contributed by atoms with van der Waals surface area (Å²) in [6.07, 6.45) is 3.06. The van der Waals surface area contributed by atoms with Gasteiger partial charge in [0.2, 0.25) is 5.43 Å². The van der Waals surface area contributed by atoms with Crippen molar-refractivity contribution in [1.82, 2.24) is 15.0 Å². The summed E-state index contributed by atoms with van der Waals surface area (Å²) in [5.74, 6) is -0.833. The highest BCUT2D eigenvalue weighted by atomic mass is 16.4. The van der Waals surface area contributed by atoms with Gasteiger partial charge in [0.05, 0.1) is 6.33 Å². The molecule has 0 aromatic carbocycles. The first-order chi connectivity index (χ1) is 6.61. The van der Waals surface area contributed by atoms with Gasteiger partial charge in [-0.25, -0.2) is 4.98 Å². The van der Waals surface area contributed by atoms with E-state index < -0.39 is 5.97 Å². The summed E-state index contributed by atoms with van der Waals surface area (Å²) in [4.78, 5) is 29.4. The smallest absolute Gasteiger partial charge is 0.300 e. The van der Waals surface area contributed by atoms with Crippen LogP contribution < -0.4 is 5.43 Å². The van der Waals surface area contributed by atoms with Gasteiger partial charge in [0.15, 0.2) is 5.65 Å². The van der Waals surface area contributed by atoms with Crippen molar-refractivity contribution in [3.63, 3.8) is 0 Å². The summed E-state index contributed by atoms with van der Waals surface area (Å²) in [7, 11) is 0. The Bertz CT molecular complexity index is 482. The molecule has 0 amide bonds. The van der Waals surface area contributed by atoms with Gasteiger partial charge in [-0.1, -0.05) is 0 Å². The minimum Gasteiger partial charge on any atom is -0.481 e. The highest BCUT2D eigenvalue weighted by Crippen LogP contribution is 1.95. The fourth-order valence-electron chi connectivity index (χ4n) is 0.871. The molecule has 0 aliphatic carbocycles. The number of nitrogens with one attached hydrogen (secondary N) is 2. The van der Waals surface area contributed by atoms with Crippen molar-refractivity contribution in [1.29, 1.82) is 0 Å². The summed E-state index contributed by atoms with van der Waals surface area (Å²) in [5.41, 5.74) is 1.10. The lowest BCUT2D eigenvalue weighted by Gasteiger charge is -1.82.